The first kappa shape index (κ1) is 10.4. The minimum atomic E-state index is 0.287. The molecule has 2 N–H and O–H groups in total. The lowest BCUT2D eigenvalue weighted by atomic mass is 9.93. The van der Waals surface area contributed by atoms with Crippen molar-refractivity contribution in [2.24, 2.45) is 5.73 Å². The molecule has 1 aliphatic rings. The Hall–Kier alpha value is -1.09. The topological polar surface area (TPSA) is 48.1 Å². The molecule has 1 saturated carbocycles. The maximum absolute atomic E-state index is 5.94. The summed E-state index contributed by atoms with van der Waals surface area (Å²) in [6, 6.07) is 2.24. The van der Waals surface area contributed by atoms with E-state index in [-0.39, 0.29) is 6.10 Å². The van der Waals surface area contributed by atoms with Crippen LogP contribution in [0.1, 0.15) is 31.2 Å². The van der Waals surface area contributed by atoms with Crippen molar-refractivity contribution in [2.75, 3.05) is 0 Å². The Morgan fingerprint density at radius 1 is 1.47 bits per heavy atom. The highest BCUT2D eigenvalue weighted by atomic mass is 16.5. The first-order chi connectivity index (χ1) is 7.25. The fourth-order valence-corrected chi connectivity index (χ4v) is 2.06. The molecule has 1 aromatic heterocycles. The molecule has 3 nitrogen and oxygen atoms in total. The van der Waals surface area contributed by atoms with Gasteiger partial charge in [0.2, 0.25) is 0 Å². The average molecular weight is 206 g/mol. The first-order valence-corrected chi connectivity index (χ1v) is 5.58. The monoisotopic (exact) mass is 206 g/mol. The van der Waals surface area contributed by atoms with E-state index in [2.05, 4.69) is 4.98 Å². The van der Waals surface area contributed by atoms with Crippen molar-refractivity contribution >= 4 is 0 Å². The molecule has 0 radical (unpaired) electrons. The molecule has 0 amide bonds. The Labute approximate surface area is 90.7 Å². The Morgan fingerprint density at radius 2 is 2.33 bits per heavy atom. The minimum absolute atomic E-state index is 0.287. The largest absolute Gasteiger partial charge is 0.490 e. The van der Waals surface area contributed by atoms with Crippen LogP contribution in [0.4, 0.5) is 0 Å². The van der Waals surface area contributed by atoms with Gasteiger partial charge in [-0.15, -0.1) is 0 Å². The normalized spacial score (nSPS) is 26.3. The van der Waals surface area contributed by atoms with Crippen LogP contribution in [-0.2, 0) is 0 Å². The van der Waals surface area contributed by atoms with Gasteiger partial charge < -0.3 is 10.5 Å². The van der Waals surface area contributed by atoms with Crippen LogP contribution in [-0.4, -0.2) is 17.1 Å². The smallest absolute Gasteiger partial charge is 0.125 e. The third-order valence-electron chi connectivity index (χ3n) is 2.93. The minimum Gasteiger partial charge on any atom is -0.490 e. The van der Waals surface area contributed by atoms with Gasteiger partial charge in [-0.1, -0.05) is 0 Å². The number of aromatic nitrogens is 1. The Bertz CT molecular complexity index is 327. The van der Waals surface area contributed by atoms with Gasteiger partial charge in [-0.05, 0) is 38.7 Å². The van der Waals surface area contributed by atoms with Crippen molar-refractivity contribution in [1.82, 2.24) is 4.98 Å². The highest BCUT2D eigenvalue weighted by Crippen LogP contribution is 2.24. The number of nitrogens with two attached hydrogens (primary N) is 1. The molecule has 1 fully saturated rings. The van der Waals surface area contributed by atoms with Gasteiger partial charge in [0.1, 0.15) is 11.9 Å². The number of pyridine rings is 1. The van der Waals surface area contributed by atoms with Gasteiger partial charge >= 0.3 is 0 Å². The molecule has 1 aliphatic carbocycles. The fraction of sp³-hybridized carbons (Fsp3) is 0.583. The highest BCUT2D eigenvalue weighted by molar-refractivity contribution is 5.28. The zero-order valence-electron chi connectivity index (χ0n) is 9.15. The van der Waals surface area contributed by atoms with Crippen LogP contribution in [0.2, 0.25) is 0 Å². The summed E-state index contributed by atoms with van der Waals surface area (Å²) in [6.07, 6.45) is 8.29. The van der Waals surface area contributed by atoms with Gasteiger partial charge in [-0.3, -0.25) is 4.98 Å². The van der Waals surface area contributed by atoms with E-state index in [9.17, 15) is 0 Å². The molecule has 0 aromatic carbocycles. The van der Waals surface area contributed by atoms with E-state index in [0.717, 1.165) is 30.6 Å². The third-order valence-corrected chi connectivity index (χ3v) is 2.93. The molecule has 2 rings (SSSR count). The van der Waals surface area contributed by atoms with Crippen LogP contribution in [0.25, 0.3) is 0 Å². The van der Waals surface area contributed by atoms with E-state index in [0.29, 0.717) is 6.04 Å². The summed E-state index contributed by atoms with van der Waals surface area (Å²) < 4.78 is 5.94. The van der Waals surface area contributed by atoms with Crippen molar-refractivity contribution < 1.29 is 4.74 Å². The lowest BCUT2D eigenvalue weighted by Crippen LogP contribution is -2.33. The van der Waals surface area contributed by atoms with E-state index in [4.69, 9.17) is 10.5 Å². The van der Waals surface area contributed by atoms with Crippen LogP contribution < -0.4 is 10.5 Å². The number of ether oxygens (including phenoxy) is 1. The highest BCUT2D eigenvalue weighted by Gasteiger charge is 2.20. The van der Waals surface area contributed by atoms with Crippen molar-refractivity contribution in [3.05, 3.63) is 24.0 Å². The second-order valence-electron chi connectivity index (χ2n) is 4.31. The molecule has 3 heteroatoms. The zero-order chi connectivity index (χ0) is 10.7. The summed E-state index contributed by atoms with van der Waals surface area (Å²) in [5, 5.41) is 0. The summed E-state index contributed by atoms with van der Waals surface area (Å²) >= 11 is 0. The summed E-state index contributed by atoms with van der Waals surface area (Å²) in [5.41, 5.74) is 7.02. The van der Waals surface area contributed by atoms with Crippen LogP contribution >= 0.6 is 0 Å². The van der Waals surface area contributed by atoms with Crippen LogP contribution in [0.15, 0.2) is 18.5 Å². The Morgan fingerprint density at radius 3 is 3.07 bits per heavy atom. The van der Waals surface area contributed by atoms with Crippen molar-refractivity contribution in [2.45, 2.75) is 44.8 Å². The van der Waals surface area contributed by atoms with E-state index < -0.39 is 0 Å². The lowest BCUT2D eigenvalue weighted by Gasteiger charge is -2.27. The number of rotatable bonds is 2. The Kier molecular flexibility index (Phi) is 3.21. The third kappa shape index (κ3) is 2.69. The molecular weight excluding hydrogens is 188 g/mol. The number of hydrogen-bond acceptors (Lipinski definition) is 3. The molecular formula is C12H18N2O. The van der Waals surface area contributed by atoms with Gasteiger partial charge in [0.15, 0.2) is 0 Å². The van der Waals surface area contributed by atoms with E-state index >= 15 is 0 Å². The standard InChI is InChI=1S/C12H18N2O/c1-9-8-14-6-5-12(9)15-11-4-2-3-10(13)7-11/h5-6,8,10-11H,2-4,7,13H2,1H3. The number of aryl methyl sites for hydroxylation is 1. The van der Waals surface area contributed by atoms with E-state index in [1.165, 1.54) is 6.42 Å². The van der Waals surface area contributed by atoms with Crippen LogP contribution in [0.5, 0.6) is 5.75 Å². The predicted octanol–water partition coefficient (Wildman–Crippen LogP) is 2.04. The van der Waals surface area contributed by atoms with Gasteiger partial charge in [0.25, 0.3) is 0 Å². The Balaban J connectivity index is 1.99. The number of nitrogens with zero attached hydrogens (tertiary/aromatic N) is 1. The van der Waals surface area contributed by atoms with Gasteiger partial charge in [0.05, 0.1) is 0 Å². The second kappa shape index (κ2) is 4.62. The molecule has 2 atom stereocenters. The molecule has 1 aromatic rings. The van der Waals surface area contributed by atoms with Gasteiger partial charge in [-0.2, -0.15) is 0 Å². The molecule has 0 bridgehead atoms. The fourth-order valence-electron chi connectivity index (χ4n) is 2.06. The van der Waals surface area contributed by atoms with Crippen LogP contribution in [0.3, 0.4) is 0 Å². The maximum atomic E-state index is 5.94. The SMILES string of the molecule is Cc1cnccc1OC1CCCC(N)C1. The molecule has 0 spiro atoms. The predicted molar refractivity (Wildman–Crippen MR) is 59.8 cm³/mol. The van der Waals surface area contributed by atoms with Crippen molar-refractivity contribution in [3.8, 4) is 5.75 Å². The molecule has 0 saturated heterocycles. The summed E-state index contributed by atoms with van der Waals surface area (Å²) in [6.45, 7) is 2.02. The van der Waals surface area contributed by atoms with Gasteiger partial charge in [0, 0.05) is 24.0 Å². The molecule has 0 aliphatic heterocycles. The zero-order valence-corrected chi connectivity index (χ0v) is 9.15. The second-order valence-corrected chi connectivity index (χ2v) is 4.31. The van der Waals surface area contributed by atoms with Crippen molar-refractivity contribution in [3.63, 3.8) is 0 Å². The molecule has 2 unspecified atom stereocenters. The quantitative estimate of drug-likeness (QED) is 0.805. The number of hydrogen-bond donors (Lipinski definition) is 1. The average Bonchev–Trinajstić information content (AvgIpc) is 2.22. The lowest BCUT2D eigenvalue weighted by molar-refractivity contribution is 0.143. The van der Waals surface area contributed by atoms with E-state index in [1.807, 2.05) is 19.2 Å². The summed E-state index contributed by atoms with van der Waals surface area (Å²) in [5.74, 6) is 0.948. The molecule has 1 heterocycles. The van der Waals surface area contributed by atoms with Gasteiger partial charge in [-0.25, -0.2) is 0 Å². The van der Waals surface area contributed by atoms with Crippen LogP contribution in [0, 0.1) is 6.92 Å². The van der Waals surface area contributed by atoms with Crippen molar-refractivity contribution in [1.29, 1.82) is 0 Å². The summed E-state index contributed by atoms with van der Waals surface area (Å²) in [7, 11) is 0. The van der Waals surface area contributed by atoms with E-state index in [1.54, 1.807) is 6.20 Å². The molecule has 82 valence electrons. The molecule has 15 heavy (non-hydrogen) atoms. The first-order valence-electron chi connectivity index (χ1n) is 5.58. The maximum Gasteiger partial charge on any atom is 0.125 e. The summed E-state index contributed by atoms with van der Waals surface area (Å²) in [4.78, 5) is 4.05.